The van der Waals surface area contributed by atoms with Gasteiger partial charge >= 0.3 is 5.97 Å². The van der Waals surface area contributed by atoms with Crippen molar-refractivity contribution in [1.82, 2.24) is 0 Å². The van der Waals surface area contributed by atoms with Gasteiger partial charge in [0.2, 0.25) is 0 Å². The van der Waals surface area contributed by atoms with Crippen molar-refractivity contribution < 1.29 is 23.7 Å². The van der Waals surface area contributed by atoms with E-state index in [1.807, 2.05) is 24.3 Å². The molecule has 5 heteroatoms. The Labute approximate surface area is 252 Å². The van der Waals surface area contributed by atoms with Crippen molar-refractivity contribution in [3.05, 3.63) is 64.2 Å². The van der Waals surface area contributed by atoms with E-state index < -0.39 is 5.60 Å². The summed E-state index contributed by atoms with van der Waals surface area (Å²) in [6.07, 6.45) is 8.25. The minimum Gasteiger partial charge on any atom is -0.497 e. The SMILES string of the molecule is COC(=O)c1c(CCc2ccc(OC)cc2)ccc2c1O[C@@]13C(=C(C)C[C@H]1O2)C[C@@]1(C)CC[C@H](C(C)C)[C@@H]1CC[C@@H]3C. The summed E-state index contributed by atoms with van der Waals surface area (Å²) < 4.78 is 24.8. The standard InChI is InChI=1S/C37H48O5/c1-22(2)28-18-19-36(5)21-30-23(3)20-32-37(30,24(4)8-16-29(28)36)42-34-31(41-32)17-13-26(33(34)35(38)40-7)12-9-25-10-14-27(39-6)15-11-25/h10-11,13-15,17,22,24,28-29,32H,8-9,12,16,18-21H2,1-7H3/t24-,28+,29-,32+,36+,37-/m0/s1. The van der Waals surface area contributed by atoms with Crippen LogP contribution in [-0.2, 0) is 17.6 Å². The number of methoxy groups -OCH3 is 2. The summed E-state index contributed by atoms with van der Waals surface area (Å²) in [6, 6.07) is 12.1. The number of esters is 1. The van der Waals surface area contributed by atoms with Gasteiger partial charge < -0.3 is 18.9 Å². The molecule has 0 unspecified atom stereocenters. The van der Waals surface area contributed by atoms with Gasteiger partial charge in [-0.1, -0.05) is 51.5 Å². The Morgan fingerprint density at radius 1 is 1.05 bits per heavy atom. The molecule has 2 fully saturated rings. The summed E-state index contributed by atoms with van der Waals surface area (Å²) in [7, 11) is 3.13. The lowest BCUT2D eigenvalue weighted by atomic mass is 9.62. The smallest absolute Gasteiger partial charge is 0.342 e. The van der Waals surface area contributed by atoms with E-state index in [0.29, 0.717) is 29.4 Å². The third-order valence-electron chi connectivity index (χ3n) is 11.5. The van der Waals surface area contributed by atoms with Gasteiger partial charge in [0.1, 0.15) is 17.4 Å². The first-order valence-corrected chi connectivity index (χ1v) is 16.0. The van der Waals surface area contributed by atoms with E-state index in [1.54, 1.807) is 7.11 Å². The molecule has 6 atom stereocenters. The van der Waals surface area contributed by atoms with Gasteiger partial charge in [0.25, 0.3) is 0 Å². The predicted octanol–water partition coefficient (Wildman–Crippen LogP) is 8.37. The molecule has 1 heterocycles. The van der Waals surface area contributed by atoms with Gasteiger partial charge in [-0.25, -0.2) is 4.79 Å². The Bertz CT molecular complexity index is 1370. The Morgan fingerprint density at radius 2 is 1.81 bits per heavy atom. The molecule has 1 spiro atoms. The molecule has 0 amide bonds. The molecule has 1 aliphatic heterocycles. The third kappa shape index (κ3) is 4.62. The molecule has 2 aromatic rings. The molecule has 226 valence electrons. The molecule has 0 radical (unpaired) electrons. The number of carbonyl (C=O) groups is 1. The molecule has 6 rings (SSSR count). The first kappa shape index (κ1) is 29.1. The van der Waals surface area contributed by atoms with Crippen LogP contribution < -0.4 is 14.2 Å². The molecule has 0 aromatic heterocycles. The minimum absolute atomic E-state index is 0.0758. The first-order chi connectivity index (χ1) is 20.1. The van der Waals surface area contributed by atoms with Crippen molar-refractivity contribution in [3.63, 3.8) is 0 Å². The molecular formula is C37H48O5. The van der Waals surface area contributed by atoms with Crippen LogP contribution in [0.2, 0.25) is 0 Å². The number of fused-ring (bicyclic) bond motifs is 2. The first-order valence-electron chi connectivity index (χ1n) is 16.0. The van der Waals surface area contributed by atoms with Gasteiger partial charge in [0, 0.05) is 12.3 Å². The second kappa shape index (κ2) is 11.0. The van der Waals surface area contributed by atoms with Crippen LogP contribution in [0, 0.1) is 29.1 Å². The third-order valence-corrected chi connectivity index (χ3v) is 11.5. The quantitative estimate of drug-likeness (QED) is 0.257. The molecular weight excluding hydrogens is 524 g/mol. The lowest BCUT2D eigenvalue weighted by Crippen LogP contribution is -2.57. The minimum atomic E-state index is -0.557. The highest BCUT2D eigenvalue weighted by atomic mass is 16.6. The van der Waals surface area contributed by atoms with E-state index in [2.05, 4.69) is 46.8 Å². The predicted molar refractivity (Wildman–Crippen MR) is 165 cm³/mol. The van der Waals surface area contributed by atoms with Gasteiger partial charge in [0.05, 0.1) is 14.2 Å². The Hall–Kier alpha value is -2.95. The average Bonchev–Trinajstić information content (AvgIpc) is 3.45. The van der Waals surface area contributed by atoms with E-state index in [9.17, 15) is 4.79 Å². The van der Waals surface area contributed by atoms with Crippen molar-refractivity contribution in [1.29, 1.82) is 0 Å². The number of benzene rings is 2. The molecule has 5 nitrogen and oxygen atoms in total. The molecule has 0 N–H and O–H groups in total. The van der Waals surface area contributed by atoms with Crippen LogP contribution in [0.25, 0.3) is 0 Å². The Kier molecular flexibility index (Phi) is 7.60. The van der Waals surface area contributed by atoms with Crippen molar-refractivity contribution in [2.45, 2.75) is 97.7 Å². The van der Waals surface area contributed by atoms with E-state index in [4.69, 9.17) is 18.9 Å². The van der Waals surface area contributed by atoms with Crippen LogP contribution in [0.3, 0.4) is 0 Å². The van der Waals surface area contributed by atoms with Crippen LogP contribution in [0.15, 0.2) is 47.5 Å². The zero-order valence-corrected chi connectivity index (χ0v) is 26.5. The number of aryl methyl sites for hydroxylation is 2. The fourth-order valence-corrected chi connectivity index (χ4v) is 9.10. The van der Waals surface area contributed by atoms with Crippen molar-refractivity contribution in [2.75, 3.05) is 14.2 Å². The number of hydrogen-bond donors (Lipinski definition) is 0. The average molecular weight is 573 g/mol. The second-order valence-corrected chi connectivity index (χ2v) is 14.1. The lowest BCUT2D eigenvalue weighted by molar-refractivity contribution is -0.0791. The molecule has 2 saturated carbocycles. The van der Waals surface area contributed by atoms with Gasteiger partial charge in [-0.05, 0) is 110 Å². The Morgan fingerprint density at radius 3 is 2.50 bits per heavy atom. The van der Waals surface area contributed by atoms with Gasteiger partial charge in [-0.15, -0.1) is 0 Å². The van der Waals surface area contributed by atoms with E-state index >= 15 is 0 Å². The van der Waals surface area contributed by atoms with Gasteiger partial charge in [0.15, 0.2) is 17.1 Å². The topological polar surface area (TPSA) is 54.0 Å². The summed E-state index contributed by atoms with van der Waals surface area (Å²) in [5.41, 5.74) is 5.18. The van der Waals surface area contributed by atoms with Gasteiger partial charge in [-0.3, -0.25) is 0 Å². The van der Waals surface area contributed by atoms with Gasteiger partial charge in [-0.2, -0.15) is 0 Å². The fourth-order valence-electron chi connectivity index (χ4n) is 9.10. The maximum Gasteiger partial charge on any atom is 0.342 e. The van der Waals surface area contributed by atoms with Crippen molar-refractivity contribution in [2.24, 2.45) is 29.1 Å². The Balaban J connectivity index is 1.37. The normalized spacial score (nSPS) is 31.6. The highest BCUT2D eigenvalue weighted by Gasteiger charge is 2.61. The second-order valence-electron chi connectivity index (χ2n) is 14.1. The summed E-state index contributed by atoms with van der Waals surface area (Å²) in [5.74, 6) is 4.22. The molecule has 4 aliphatic rings. The maximum absolute atomic E-state index is 13.4. The van der Waals surface area contributed by atoms with Crippen LogP contribution in [0.1, 0.15) is 94.6 Å². The number of ether oxygens (including phenoxy) is 4. The maximum atomic E-state index is 13.4. The van der Waals surface area contributed by atoms with Crippen molar-refractivity contribution >= 4 is 5.97 Å². The number of hydrogen-bond acceptors (Lipinski definition) is 5. The lowest BCUT2D eigenvalue weighted by Gasteiger charge is -2.51. The van der Waals surface area contributed by atoms with Crippen LogP contribution in [0.4, 0.5) is 0 Å². The summed E-state index contributed by atoms with van der Waals surface area (Å²) in [6.45, 7) is 12.0. The molecule has 2 aromatic carbocycles. The molecule has 42 heavy (non-hydrogen) atoms. The largest absolute Gasteiger partial charge is 0.497 e. The van der Waals surface area contributed by atoms with Crippen LogP contribution in [0.5, 0.6) is 17.2 Å². The monoisotopic (exact) mass is 572 g/mol. The van der Waals surface area contributed by atoms with E-state index in [0.717, 1.165) is 48.8 Å². The van der Waals surface area contributed by atoms with E-state index in [-0.39, 0.29) is 23.4 Å². The van der Waals surface area contributed by atoms with Crippen LogP contribution in [-0.4, -0.2) is 31.9 Å². The summed E-state index contributed by atoms with van der Waals surface area (Å²) in [5, 5.41) is 0. The number of rotatable bonds is 6. The summed E-state index contributed by atoms with van der Waals surface area (Å²) >= 11 is 0. The summed E-state index contributed by atoms with van der Waals surface area (Å²) in [4.78, 5) is 13.4. The number of carbonyl (C=O) groups excluding carboxylic acids is 1. The zero-order valence-electron chi connectivity index (χ0n) is 26.5. The molecule has 3 aliphatic carbocycles. The highest BCUT2D eigenvalue weighted by molar-refractivity contribution is 5.95. The van der Waals surface area contributed by atoms with Crippen LogP contribution >= 0.6 is 0 Å². The van der Waals surface area contributed by atoms with Crippen molar-refractivity contribution in [3.8, 4) is 17.2 Å². The molecule has 0 bridgehead atoms. The van der Waals surface area contributed by atoms with E-state index in [1.165, 1.54) is 43.1 Å². The fraction of sp³-hybridized carbons (Fsp3) is 0.595. The molecule has 0 saturated heterocycles. The highest BCUT2D eigenvalue weighted by Crippen LogP contribution is 2.62. The zero-order chi connectivity index (χ0) is 29.8.